The second kappa shape index (κ2) is 8.14. The molecule has 1 unspecified atom stereocenters. The molecule has 0 bridgehead atoms. The number of nitrogens with two attached hydrogens (primary N) is 1. The van der Waals surface area contributed by atoms with E-state index in [2.05, 4.69) is 15.0 Å². The SMILES string of the molecule is COC(=O)C(N)(NC1=CC(=NC#N)CC=C1)S(=O)(=O)c1ccc2c(c1)C=C(O)C(C)(C)O2. The molecule has 4 N–H and O–H groups in total. The van der Waals surface area contributed by atoms with E-state index in [1.54, 1.807) is 26.1 Å². The first kappa shape index (κ1) is 23.1. The minimum absolute atomic E-state index is 0.0912. The first-order valence-corrected chi connectivity index (χ1v) is 10.9. The van der Waals surface area contributed by atoms with Gasteiger partial charge in [0.15, 0.2) is 5.60 Å². The number of hydrogen-bond acceptors (Lipinski definition) is 10. The van der Waals surface area contributed by atoms with Crippen molar-refractivity contribution in [1.29, 1.82) is 5.26 Å². The Bertz CT molecular complexity index is 1240. The lowest BCUT2D eigenvalue weighted by molar-refractivity contribution is -0.144. The van der Waals surface area contributed by atoms with Crippen LogP contribution in [0.1, 0.15) is 25.8 Å². The van der Waals surface area contributed by atoms with Crippen molar-refractivity contribution in [1.82, 2.24) is 5.32 Å². The van der Waals surface area contributed by atoms with Crippen LogP contribution in [0.5, 0.6) is 5.75 Å². The van der Waals surface area contributed by atoms with Gasteiger partial charge in [0.1, 0.15) is 11.5 Å². The monoisotopic (exact) mass is 458 g/mol. The molecule has 10 nitrogen and oxygen atoms in total. The van der Waals surface area contributed by atoms with Crippen molar-refractivity contribution in [3.8, 4) is 11.9 Å². The highest BCUT2D eigenvalue weighted by atomic mass is 32.2. The van der Waals surface area contributed by atoms with Crippen molar-refractivity contribution >= 4 is 27.6 Å². The second-order valence-electron chi connectivity index (χ2n) is 7.61. The van der Waals surface area contributed by atoms with Crippen molar-refractivity contribution in [3.05, 3.63) is 53.4 Å². The molecule has 0 saturated heterocycles. The van der Waals surface area contributed by atoms with Crippen LogP contribution in [-0.4, -0.2) is 42.9 Å². The average Bonchev–Trinajstić information content (AvgIpc) is 2.73. The Morgan fingerprint density at radius 3 is 2.78 bits per heavy atom. The first-order chi connectivity index (χ1) is 14.9. The summed E-state index contributed by atoms with van der Waals surface area (Å²) < 4.78 is 37.3. The van der Waals surface area contributed by atoms with Gasteiger partial charge in [-0.1, -0.05) is 6.08 Å². The Labute approximate surface area is 185 Å². The lowest BCUT2D eigenvalue weighted by atomic mass is 10.0. The number of aliphatic hydroxyl groups is 1. The number of fused-ring (bicyclic) bond motifs is 1. The molecule has 168 valence electrons. The third-order valence-corrected chi connectivity index (χ3v) is 6.94. The van der Waals surface area contributed by atoms with E-state index in [9.17, 15) is 18.3 Å². The van der Waals surface area contributed by atoms with Crippen LogP contribution < -0.4 is 15.8 Å². The standard InChI is InChI=1S/C21H22N4O6S/c1-20(2)18(26)10-13-9-16(7-8-17(13)31-20)32(28,29)21(23,19(27)30-3)25-15-6-4-5-14(11-15)24-12-22/h4,6-11,25-26H,5,23H2,1-3H3. The van der Waals surface area contributed by atoms with Crippen molar-refractivity contribution in [2.75, 3.05) is 7.11 Å². The molecule has 1 aromatic rings. The van der Waals surface area contributed by atoms with Crippen molar-refractivity contribution in [2.24, 2.45) is 10.7 Å². The van der Waals surface area contributed by atoms with Gasteiger partial charge in [0.2, 0.25) is 16.0 Å². The number of carbonyl (C=O) groups excluding carboxylic acids is 1. The van der Waals surface area contributed by atoms with Crippen molar-refractivity contribution in [3.63, 3.8) is 0 Å². The number of nitrogens with zero attached hydrogens (tertiary/aromatic N) is 2. The van der Waals surface area contributed by atoms with E-state index < -0.39 is 26.4 Å². The van der Waals surface area contributed by atoms with E-state index in [1.807, 2.05) is 0 Å². The fourth-order valence-electron chi connectivity index (χ4n) is 3.14. The minimum Gasteiger partial charge on any atom is -0.508 e. The zero-order chi connectivity index (χ0) is 23.7. The molecule has 32 heavy (non-hydrogen) atoms. The molecule has 0 aromatic heterocycles. The molecule has 1 aromatic carbocycles. The van der Waals surface area contributed by atoms with Gasteiger partial charge in [-0.05, 0) is 50.3 Å². The number of methoxy groups -OCH3 is 1. The summed E-state index contributed by atoms with van der Waals surface area (Å²) in [4.78, 5) is 13.2. The molecule has 11 heteroatoms. The van der Waals surface area contributed by atoms with Crippen molar-refractivity contribution < 1.29 is 27.8 Å². The van der Waals surface area contributed by atoms with Crippen LogP contribution in [0.25, 0.3) is 6.08 Å². The van der Waals surface area contributed by atoms with Gasteiger partial charge in [-0.15, -0.1) is 0 Å². The van der Waals surface area contributed by atoms with E-state index in [-0.39, 0.29) is 16.4 Å². The van der Waals surface area contributed by atoms with E-state index in [0.29, 0.717) is 23.4 Å². The predicted molar refractivity (Wildman–Crippen MR) is 116 cm³/mol. The third kappa shape index (κ3) is 3.98. The van der Waals surface area contributed by atoms with Gasteiger partial charge in [-0.25, -0.2) is 13.2 Å². The highest BCUT2D eigenvalue weighted by molar-refractivity contribution is 7.93. The lowest BCUT2D eigenvalue weighted by Gasteiger charge is -2.32. The second-order valence-corrected chi connectivity index (χ2v) is 9.73. The van der Waals surface area contributed by atoms with Crippen LogP contribution in [0.2, 0.25) is 0 Å². The van der Waals surface area contributed by atoms with E-state index in [4.69, 9.17) is 15.7 Å². The number of aliphatic hydroxyl groups excluding tert-OH is 1. The van der Waals surface area contributed by atoms with Crippen LogP contribution >= 0.6 is 0 Å². The summed E-state index contributed by atoms with van der Waals surface area (Å²) in [6.07, 6.45) is 7.96. The molecule has 0 saturated carbocycles. The summed E-state index contributed by atoms with van der Waals surface area (Å²) in [6.45, 7) is 3.32. The Hall–Kier alpha value is -3.62. The molecule has 0 fully saturated rings. The predicted octanol–water partition coefficient (Wildman–Crippen LogP) is 1.67. The Balaban J connectivity index is 2.07. The molecule has 1 heterocycles. The van der Waals surface area contributed by atoms with E-state index >= 15 is 0 Å². The summed E-state index contributed by atoms with van der Waals surface area (Å²) in [5, 5.41) is 21.4. The number of benzene rings is 1. The number of esters is 1. The number of nitriles is 1. The largest absolute Gasteiger partial charge is 0.508 e. The topological polar surface area (TPSA) is 164 Å². The Morgan fingerprint density at radius 1 is 1.41 bits per heavy atom. The third-order valence-electron chi connectivity index (χ3n) is 4.95. The summed E-state index contributed by atoms with van der Waals surface area (Å²) in [5.41, 5.74) is 5.95. The molecule has 0 amide bonds. The molecule has 0 spiro atoms. The minimum atomic E-state index is -4.57. The van der Waals surface area contributed by atoms with Gasteiger partial charge in [0.05, 0.1) is 17.7 Å². The fourth-order valence-corrected chi connectivity index (χ4v) is 4.60. The van der Waals surface area contributed by atoms with Crippen LogP contribution in [0, 0.1) is 11.5 Å². The number of allylic oxidation sites excluding steroid dienone is 3. The molecule has 1 atom stereocenters. The van der Waals surface area contributed by atoms with Crippen LogP contribution in [0.4, 0.5) is 0 Å². The van der Waals surface area contributed by atoms with Gasteiger partial charge in [0, 0.05) is 17.7 Å². The van der Waals surface area contributed by atoms with Gasteiger partial charge >= 0.3 is 5.97 Å². The summed E-state index contributed by atoms with van der Waals surface area (Å²) in [6, 6.07) is 3.92. The average molecular weight is 458 g/mol. The fraction of sp³-hybridized carbons (Fsp3) is 0.286. The normalized spacial score (nSPS) is 20.0. The molecule has 0 radical (unpaired) electrons. The molecule has 1 aliphatic heterocycles. The smallest absolute Gasteiger partial charge is 0.363 e. The van der Waals surface area contributed by atoms with Gasteiger partial charge in [-0.3, -0.25) is 5.73 Å². The summed E-state index contributed by atoms with van der Waals surface area (Å²) >= 11 is 0. The number of ether oxygens (including phenoxy) is 2. The highest BCUT2D eigenvalue weighted by Crippen LogP contribution is 2.36. The number of nitrogens with one attached hydrogen (secondary N) is 1. The maximum Gasteiger partial charge on any atom is 0.363 e. The highest BCUT2D eigenvalue weighted by Gasteiger charge is 2.50. The van der Waals surface area contributed by atoms with Crippen LogP contribution in [-0.2, 0) is 19.4 Å². The first-order valence-electron chi connectivity index (χ1n) is 9.43. The van der Waals surface area contributed by atoms with Gasteiger partial charge in [0.25, 0.3) is 4.99 Å². The molecule has 2 aliphatic rings. The number of carbonyl (C=O) groups is 1. The van der Waals surface area contributed by atoms with Crippen LogP contribution in [0.15, 0.2) is 57.8 Å². The molecule has 3 rings (SSSR count). The van der Waals surface area contributed by atoms with Gasteiger partial charge < -0.3 is 19.9 Å². The Morgan fingerprint density at radius 2 is 2.12 bits per heavy atom. The quantitative estimate of drug-likeness (QED) is 0.338. The lowest BCUT2D eigenvalue weighted by Crippen LogP contribution is -2.64. The maximum absolute atomic E-state index is 13.5. The number of sulfone groups is 1. The molecular weight excluding hydrogens is 436 g/mol. The summed E-state index contributed by atoms with van der Waals surface area (Å²) in [7, 11) is -3.56. The van der Waals surface area contributed by atoms with E-state index in [1.165, 1.54) is 36.4 Å². The van der Waals surface area contributed by atoms with E-state index in [0.717, 1.165) is 7.11 Å². The zero-order valence-electron chi connectivity index (χ0n) is 17.6. The molecule has 1 aliphatic carbocycles. The number of aliphatic imine (C=N–C) groups is 1. The maximum atomic E-state index is 13.5. The number of hydrogen-bond donors (Lipinski definition) is 3. The molecular formula is C21H22N4O6S. The number of rotatable bonds is 5. The Kier molecular flexibility index (Phi) is 5.86. The van der Waals surface area contributed by atoms with Crippen molar-refractivity contribution in [2.45, 2.75) is 35.8 Å². The zero-order valence-corrected chi connectivity index (χ0v) is 18.4. The van der Waals surface area contributed by atoms with Crippen LogP contribution in [0.3, 0.4) is 0 Å². The van der Waals surface area contributed by atoms with Gasteiger partial charge in [-0.2, -0.15) is 10.3 Å². The summed E-state index contributed by atoms with van der Waals surface area (Å²) in [5.74, 6) is -0.980.